The topological polar surface area (TPSA) is 106 Å². The molecule has 0 aliphatic carbocycles. The fourth-order valence-corrected chi connectivity index (χ4v) is 2.84. The molecule has 28 heavy (non-hydrogen) atoms. The summed E-state index contributed by atoms with van der Waals surface area (Å²) in [5.41, 5.74) is 0.749. The molecule has 0 unspecified atom stereocenters. The number of benzene rings is 1. The number of aromatic nitrogens is 5. The summed E-state index contributed by atoms with van der Waals surface area (Å²) in [7, 11) is 0. The number of nitrogens with one attached hydrogen (secondary N) is 3. The number of aryl methyl sites for hydroxylation is 1. The number of aromatic amines is 2. The number of alkyl halides is 3. The Labute approximate surface area is 156 Å². The minimum Gasteiger partial charge on any atom is -0.360 e. The van der Waals surface area contributed by atoms with E-state index in [0.29, 0.717) is 22.3 Å². The SMILES string of the molecule is Cc1cc(Nc2ncc(C(F)(F)F)c(-c3c[nH]c4cc(C#N)ccc34)n2)n[nH]1. The first kappa shape index (κ1) is 17.5. The second kappa shape index (κ2) is 6.38. The van der Waals surface area contributed by atoms with Crippen molar-refractivity contribution in [1.29, 1.82) is 5.26 Å². The molecule has 1 aromatic carbocycles. The van der Waals surface area contributed by atoms with E-state index in [9.17, 15) is 13.2 Å². The van der Waals surface area contributed by atoms with E-state index in [1.54, 1.807) is 31.2 Å². The van der Waals surface area contributed by atoms with E-state index in [1.165, 1.54) is 6.20 Å². The van der Waals surface area contributed by atoms with Crippen molar-refractivity contribution in [2.45, 2.75) is 13.1 Å². The van der Waals surface area contributed by atoms with Crippen LogP contribution >= 0.6 is 0 Å². The van der Waals surface area contributed by atoms with Crippen LogP contribution in [-0.4, -0.2) is 25.1 Å². The second-order valence-electron chi connectivity index (χ2n) is 6.09. The Balaban J connectivity index is 1.86. The van der Waals surface area contributed by atoms with Crippen molar-refractivity contribution >= 4 is 22.7 Å². The molecular weight excluding hydrogens is 371 g/mol. The third-order valence-electron chi connectivity index (χ3n) is 4.11. The maximum Gasteiger partial charge on any atom is 0.419 e. The predicted octanol–water partition coefficient (Wildman–Crippen LogP) is 4.29. The van der Waals surface area contributed by atoms with Gasteiger partial charge in [0.25, 0.3) is 0 Å². The number of H-pyrrole nitrogens is 2. The molecule has 0 aliphatic rings. The standard InChI is InChI=1S/C18H12F3N7/c1-9-4-15(28-27-9)25-17-24-8-13(18(19,20)21)16(26-17)12-7-23-14-5-10(6-22)2-3-11(12)14/h2-5,7-8,23H,1H3,(H2,24,25,26,27,28). The molecule has 3 aromatic heterocycles. The minimum absolute atomic E-state index is 0.0162. The van der Waals surface area contributed by atoms with Crippen molar-refractivity contribution in [3.8, 4) is 17.3 Å². The summed E-state index contributed by atoms with van der Waals surface area (Å²) in [6.45, 7) is 1.79. The van der Waals surface area contributed by atoms with Crippen LogP contribution in [0.1, 0.15) is 16.8 Å². The van der Waals surface area contributed by atoms with Gasteiger partial charge in [0.15, 0.2) is 5.82 Å². The Morgan fingerprint density at radius 2 is 2.04 bits per heavy atom. The molecule has 7 nitrogen and oxygen atoms in total. The van der Waals surface area contributed by atoms with Gasteiger partial charge in [-0.1, -0.05) is 6.07 Å². The lowest BCUT2D eigenvalue weighted by Gasteiger charge is -2.12. The van der Waals surface area contributed by atoms with Gasteiger partial charge in [0.05, 0.1) is 17.3 Å². The Morgan fingerprint density at radius 1 is 1.21 bits per heavy atom. The molecule has 0 aliphatic heterocycles. The van der Waals surface area contributed by atoms with Gasteiger partial charge in [-0.25, -0.2) is 9.97 Å². The van der Waals surface area contributed by atoms with Crippen LogP contribution in [-0.2, 0) is 6.18 Å². The highest BCUT2D eigenvalue weighted by atomic mass is 19.4. The van der Waals surface area contributed by atoms with Gasteiger partial charge in [-0.3, -0.25) is 5.10 Å². The highest BCUT2D eigenvalue weighted by Crippen LogP contribution is 2.38. The smallest absolute Gasteiger partial charge is 0.360 e. The molecule has 0 atom stereocenters. The zero-order valence-electron chi connectivity index (χ0n) is 14.4. The lowest BCUT2D eigenvalue weighted by Crippen LogP contribution is -2.11. The van der Waals surface area contributed by atoms with Crippen LogP contribution < -0.4 is 5.32 Å². The summed E-state index contributed by atoms with van der Waals surface area (Å²) < 4.78 is 40.6. The van der Waals surface area contributed by atoms with Gasteiger partial charge in [-0.2, -0.15) is 23.5 Å². The average molecular weight is 383 g/mol. The first-order chi connectivity index (χ1) is 13.3. The molecule has 0 radical (unpaired) electrons. The van der Waals surface area contributed by atoms with E-state index in [-0.39, 0.29) is 17.2 Å². The van der Waals surface area contributed by atoms with E-state index >= 15 is 0 Å². The fourth-order valence-electron chi connectivity index (χ4n) is 2.84. The van der Waals surface area contributed by atoms with Gasteiger partial charge in [0.2, 0.25) is 5.95 Å². The van der Waals surface area contributed by atoms with E-state index in [4.69, 9.17) is 5.26 Å². The van der Waals surface area contributed by atoms with E-state index < -0.39 is 11.7 Å². The molecule has 0 saturated carbocycles. The van der Waals surface area contributed by atoms with Crippen molar-refractivity contribution in [2.75, 3.05) is 5.32 Å². The normalized spacial score (nSPS) is 11.5. The Bertz CT molecular complexity index is 1210. The quantitative estimate of drug-likeness (QED) is 0.489. The number of nitrogens with zero attached hydrogens (tertiary/aromatic N) is 4. The number of fused-ring (bicyclic) bond motifs is 1. The van der Waals surface area contributed by atoms with Crippen molar-refractivity contribution in [3.05, 3.63) is 53.5 Å². The van der Waals surface area contributed by atoms with Gasteiger partial charge < -0.3 is 10.3 Å². The van der Waals surface area contributed by atoms with Crippen LogP contribution in [0, 0.1) is 18.3 Å². The maximum absolute atomic E-state index is 13.5. The van der Waals surface area contributed by atoms with Crippen LogP contribution in [0.4, 0.5) is 24.9 Å². The molecule has 3 heterocycles. The Hall–Kier alpha value is -3.87. The Kier molecular flexibility index (Phi) is 4.00. The lowest BCUT2D eigenvalue weighted by atomic mass is 10.0. The zero-order valence-corrected chi connectivity index (χ0v) is 14.4. The summed E-state index contributed by atoms with van der Waals surface area (Å²) in [5.74, 6) is 0.373. The number of halogens is 3. The molecule has 0 bridgehead atoms. The van der Waals surface area contributed by atoms with Gasteiger partial charge in [0, 0.05) is 40.6 Å². The highest BCUT2D eigenvalue weighted by molar-refractivity contribution is 5.96. The lowest BCUT2D eigenvalue weighted by molar-refractivity contribution is -0.137. The molecule has 10 heteroatoms. The minimum atomic E-state index is -4.63. The molecule has 4 rings (SSSR count). The van der Waals surface area contributed by atoms with Crippen LogP contribution in [0.25, 0.3) is 22.2 Å². The van der Waals surface area contributed by atoms with Crippen LogP contribution in [0.3, 0.4) is 0 Å². The summed E-state index contributed by atoms with van der Waals surface area (Å²) in [6.07, 6.45) is -2.45. The number of anilines is 2. The van der Waals surface area contributed by atoms with Crippen molar-refractivity contribution in [1.82, 2.24) is 25.1 Å². The van der Waals surface area contributed by atoms with Crippen LogP contribution in [0.15, 0.2) is 36.7 Å². The summed E-state index contributed by atoms with van der Waals surface area (Å²) in [4.78, 5) is 10.8. The molecule has 4 aromatic rings. The van der Waals surface area contributed by atoms with Crippen molar-refractivity contribution < 1.29 is 13.2 Å². The largest absolute Gasteiger partial charge is 0.419 e. The van der Waals surface area contributed by atoms with Gasteiger partial charge >= 0.3 is 6.18 Å². The molecule has 0 spiro atoms. The highest BCUT2D eigenvalue weighted by Gasteiger charge is 2.36. The monoisotopic (exact) mass is 383 g/mol. The molecule has 0 saturated heterocycles. The third-order valence-corrected chi connectivity index (χ3v) is 4.11. The van der Waals surface area contributed by atoms with Gasteiger partial charge in [-0.05, 0) is 19.1 Å². The second-order valence-corrected chi connectivity index (χ2v) is 6.09. The molecular formula is C18H12F3N7. The summed E-state index contributed by atoms with van der Waals surface area (Å²) >= 11 is 0. The van der Waals surface area contributed by atoms with E-state index in [0.717, 1.165) is 11.9 Å². The van der Waals surface area contributed by atoms with Crippen molar-refractivity contribution in [2.24, 2.45) is 0 Å². The molecule has 0 amide bonds. The average Bonchev–Trinajstić information content (AvgIpc) is 3.26. The molecule has 3 N–H and O–H groups in total. The third kappa shape index (κ3) is 3.14. The van der Waals surface area contributed by atoms with Gasteiger partial charge in [0.1, 0.15) is 5.56 Å². The number of hydrogen-bond donors (Lipinski definition) is 3. The van der Waals surface area contributed by atoms with Crippen LogP contribution in [0.2, 0.25) is 0 Å². The summed E-state index contributed by atoms with van der Waals surface area (Å²) in [6, 6.07) is 8.37. The van der Waals surface area contributed by atoms with E-state index in [1.807, 2.05) is 6.07 Å². The Morgan fingerprint density at radius 3 is 2.71 bits per heavy atom. The maximum atomic E-state index is 13.5. The first-order valence-electron chi connectivity index (χ1n) is 8.10. The fraction of sp³-hybridized carbons (Fsp3) is 0.111. The van der Waals surface area contributed by atoms with E-state index in [2.05, 4.69) is 30.5 Å². The van der Waals surface area contributed by atoms with Gasteiger partial charge in [-0.15, -0.1) is 0 Å². The number of hydrogen-bond acceptors (Lipinski definition) is 5. The van der Waals surface area contributed by atoms with Crippen molar-refractivity contribution in [3.63, 3.8) is 0 Å². The number of rotatable bonds is 3. The van der Waals surface area contributed by atoms with Crippen LogP contribution in [0.5, 0.6) is 0 Å². The molecule has 0 fully saturated rings. The first-order valence-corrected chi connectivity index (χ1v) is 8.10. The predicted molar refractivity (Wildman–Crippen MR) is 95.6 cm³/mol. The number of nitriles is 1. The summed E-state index contributed by atoms with van der Waals surface area (Å²) in [5, 5.41) is 19.0. The molecule has 140 valence electrons. The zero-order chi connectivity index (χ0) is 19.9.